The molecule has 0 radical (unpaired) electrons. The summed E-state index contributed by atoms with van der Waals surface area (Å²) in [6.07, 6.45) is 2.25. The van der Waals surface area contributed by atoms with Crippen LogP contribution in [0.25, 0.3) is 0 Å². The highest BCUT2D eigenvalue weighted by Crippen LogP contribution is 2.28. The van der Waals surface area contributed by atoms with Gasteiger partial charge in [-0.15, -0.1) is 0 Å². The Bertz CT molecular complexity index is 582. The third-order valence-electron chi connectivity index (χ3n) is 3.06. The molecular formula is C13H17Br2N5. The quantitative estimate of drug-likeness (QED) is 0.595. The molecular weight excluding hydrogens is 386 g/mol. The lowest BCUT2D eigenvalue weighted by Gasteiger charge is -2.19. The van der Waals surface area contributed by atoms with Crippen molar-refractivity contribution in [3.8, 4) is 0 Å². The summed E-state index contributed by atoms with van der Waals surface area (Å²) in [6, 6.07) is 6.26. The summed E-state index contributed by atoms with van der Waals surface area (Å²) in [5, 5.41) is 4.25. The molecule has 0 aliphatic carbocycles. The van der Waals surface area contributed by atoms with Crippen LogP contribution in [0.3, 0.4) is 0 Å². The fraction of sp³-hybridized carbons (Fsp3) is 0.385. The van der Waals surface area contributed by atoms with Crippen LogP contribution in [0.5, 0.6) is 0 Å². The molecule has 108 valence electrons. The number of benzene rings is 1. The van der Waals surface area contributed by atoms with Crippen LogP contribution in [0.15, 0.2) is 33.5 Å². The number of rotatable bonds is 5. The Balaban J connectivity index is 2.29. The van der Waals surface area contributed by atoms with E-state index < -0.39 is 0 Å². The second-order valence-corrected chi connectivity index (χ2v) is 6.57. The zero-order valence-electron chi connectivity index (χ0n) is 11.3. The van der Waals surface area contributed by atoms with Gasteiger partial charge >= 0.3 is 0 Å². The minimum atomic E-state index is -0.0384. The largest absolute Gasteiger partial charge is 0.271 e. The first-order valence-corrected chi connectivity index (χ1v) is 7.91. The highest BCUT2D eigenvalue weighted by Gasteiger charge is 2.18. The van der Waals surface area contributed by atoms with Crippen LogP contribution in [0.2, 0.25) is 0 Å². The average molecular weight is 403 g/mol. The van der Waals surface area contributed by atoms with Gasteiger partial charge < -0.3 is 0 Å². The van der Waals surface area contributed by atoms with E-state index >= 15 is 0 Å². The first-order chi connectivity index (χ1) is 9.52. The van der Waals surface area contributed by atoms with Crippen molar-refractivity contribution in [3.05, 3.63) is 44.9 Å². The van der Waals surface area contributed by atoms with Gasteiger partial charge in [0.25, 0.3) is 0 Å². The molecule has 1 aromatic carbocycles. The third-order valence-corrected chi connectivity index (χ3v) is 4.27. The fourth-order valence-electron chi connectivity index (χ4n) is 2.07. The van der Waals surface area contributed by atoms with Crippen molar-refractivity contribution in [2.75, 3.05) is 0 Å². The second-order valence-electron chi connectivity index (χ2n) is 4.80. The van der Waals surface area contributed by atoms with Crippen LogP contribution in [-0.2, 0) is 6.42 Å². The van der Waals surface area contributed by atoms with Gasteiger partial charge in [-0.25, -0.2) is 9.67 Å². The Morgan fingerprint density at radius 2 is 2.10 bits per heavy atom. The van der Waals surface area contributed by atoms with E-state index in [4.69, 9.17) is 5.84 Å². The smallest absolute Gasteiger partial charge is 0.138 e. The Kier molecular flexibility index (Phi) is 5.31. The van der Waals surface area contributed by atoms with Crippen LogP contribution < -0.4 is 11.3 Å². The zero-order chi connectivity index (χ0) is 14.7. The maximum absolute atomic E-state index is 5.72. The molecule has 0 spiro atoms. The SMILES string of the molecule is CC(C)n1ncnc1CC(NN)c1cc(Br)ccc1Br. The molecule has 0 aliphatic rings. The number of hydrogen-bond donors (Lipinski definition) is 2. The molecule has 0 amide bonds. The van der Waals surface area contributed by atoms with E-state index in [0.717, 1.165) is 20.3 Å². The van der Waals surface area contributed by atoms with Crippen molar-refractivity contribution in [2.24, 2.45) is 5.84 Å². The summed E-state index contributed by atoms with van der Waals surface area (Å²) < 4.78 is 3.94. The maximum Gasteiger partial charge on any atom is 0.138 e. The van der Waals surface area contributed by atoms with Crippen LogP contribution in [0.1, 0.15) is 37.3 Å². The van der Waals surface area contributed by atoms with E-state index in [1.165, 1.54) is 0 Å². The molecule has 1 heterocycles. The van der Waals surface area contributed by atoms with E-state index in [1.54, 1.807) is 6.33 Å². The molecule has 20 heavy (non-hydrogen) atoms. The summed E-state index contributed by atoms with van der Waals surface area (Å²) in [4.78, 5) is 4.33. The number of hydrogen-bond acceptors (Lipinski definition) is 4. The van der Waals surface area contributed by atoms with Crippen molar-refractivity contribution in [2.45, 2.75) is 32.4 Å². The van der Waals surface area contributed by atoms with Crippen LogP contribution in [0.4, 0.5) is 0 Å². The summed E-state index contributed by atoms with van der Waals surface area (Å²) in [6.45, 7) is 4.16. The molecule has 1 atom stereocenters. The summed E-state index contributed by atoms with van der Waals surface area (Å²) in [5.41, 5.74) is 3.94. The average Bonchev–Trinajstić information content (AvgIpc) is 2.87. The predicted octanol–water partition coefficient (Wildman–Crippen LogP) is 3.13. The molecule has 3 N–H and O–H groups in total. The molecule has 1 aromatic heterocycles. The molecule has 0 bridgehead atoms. The standard InChI is InChI=1S/C13H17Br2N5/c1-8(2)20-13(17-7-18-20)6-12(19-16)10-5-9(14)3-4-11(10)15/h3-5,7-8,12,19H,6,16H2,1-2H3. The van der Waals surface area contributed by atoms with Gasteiger partial charge in [0.15, 0.2) is 0 Å². The van der Waals surface area contributed by atoms with Crippen molar-refractivity contribution >= 4 is 31.9 Å². The lowest BCUT2D eigenvalue weighted by atomic mass is 10.0. The summed E-state index contributed by atoms with van der Waals surface area (Å²) in [5.74, 6) is 6.63. The monoisotopic (exact) mass is 401 g/mol. The van der Waals surface area contributed by atoms with Gasteiger partial charge in [-0.1, -0.05) is 31.9 Å². The van der Waals surface area contributed by atoms with Crippen molar-refractivity contribution in [1.29, 1.82) is 0 Å². The molecule has 5 nitrogen and oxygen atoms in total. The van der Waals surface area contributed by atoms with Gasteiger partial charge in [0, 0.05) is 21.4 Å². The van der Waals surface area contributed by atoms with Crippen LogP contribution in [0, 0.1) is 0 Å². The molecule has 0 fully saturated rings. The van der Waals surface area contributed by atoms with E-state index in [-0.39, 0.29) is 12.1 Å². The molecule has 1 unspecified atom stereocenters. The number of nitrogens with two attached hydrogens (primary N) is 1. The predicted molar refractivity (Wildman–Crippen MR) is 86.0 cm³/mol. The summed E-state index contributed by atoms with van der Waals surface area (Å²) in [7, 11) is 0. The topological polar surface area (TPSA) is 68.8 Å². The second kappa shape index (κ2) is 6.80. The number of halogens is 2. The third kappa shape index (κ3) is 3.46. The summed E-state index contributed by atoms with van der Waals surface area (Å²) >= 11 is 7.05. The highest BCUT2D eigenvalue weighted by atomic mass is 79.9. The number of nitrogens with zero attached hydrogens (tertiary/aromatic N) is 3. The van der Waals surface area contributed by atoms with Gasteiger partial charge in [0.1, 0.15) is 12.2 Å². The zero-order valence-corrected chi connectivity index (χ0v) is 14.5. The molecule has 7 heteroatoms. The Hall–Kier alpha value is -0.760. The lowest BCUT2D eigenvalue weighted by molar-refractivity contribution is 0.468. The molecule has 0 saturated heterocycles. The Morgan fingerprint density at radius 3 is 2.75 bits per heavy atom. The molecule has 0 saturated carbocycles. The number of hydrazine groups is 1. The van der Waals surface area contributed by atoms with Gasteiger partial charge in [0.05, 0.1) is 6.04 Å². The van der Waals surface area contributed by atoms with E-state index in [0.29, 0.717) is 6.42 Å². The molecule has 2 rings (SSSR count). The Labute approximate surface area is 135 Å². The van der Waals surface area contributed by atoms with Crippen molar-refractivity contribution in [3.63, 3.8) is 0 Å². The van der Waals surface area contributed by atoms with Gasteiger partial charge in [-0.2, -0.15) is 5.10 Å². The van der Waals surface area contributed by atoms with Gasteiger partial charge in [-0.05, 0) is 37.6 Å². The maximum atomic E-state index is 5.72. The van der Waals surface area contributed by atoms with E-state index in [1.807, 2.05) is 22.9 Å². The lowest BCUT2D eigenvalue weighted by Crippen LogP contribution is -2.31. The number of nitrogens with one attached hydrogen (secondary N) is 1. The molecule has 2 aromatic rings. The van der Waals surface area contributed by atoms with E-state index in [2.05, 4.69) is 61.2 Å². The normalized spacial score (nSPS) is 12.9. The number of aromatic nitrogens is 3. The first-order valence-electron chi connectivity index (χ1n) is 6.32. The van der Waals surface area contributed by atoms with Crippen LogP contribution >= 0.6 is 31.9 Å². The van der Waals surface area contributed by atoms with Gasteiger partial charge in [-0.3, -0.25) is 11.3 Å². The minimum Gasteiger partial charge on any atom is -0.271 e. The highest BCUT2D eigenvalue weighted by molar-refractivity contribution is 9.11. The fourth-order valence-corrected chi connectivity index (χ4v) is 2.98. The Morgan fingerprint density at radius 1 is 1.35 bits per heavy atom. The first kappa shape index (κ1) is 15.6. The van der Waals surface area contributed by atoms with Crippen molar-refractivity contribution < 1.29 is 0 Å². The molecule has 0 aliphatic heterocycles. The van der Waals surface area contributed by atoms with Crippen molar-refractivity contribution in [1.82, 2.24) is 20.2 Å². The van der Waals surface area contributed by atoms with Crippen LogP contribution in [-0.4, -0.2) is 14.8 Å². The van der Waals surface area contributed by atoms with Gasteiger partial charge in [0.2, 0.25) is 0 Å². The van der Waals surface area contributed by atoms with E-state index in [9.17, 15) is 0 Å². The minimum absolute atomic E-state index is 0.0384.